The molecule has 1 saturated heterocycles. The first-order valence-corrected chi connectivity index (χ1v) is 7.41. The van der Waals surface area contributed by atoms with Crippen LogP contribution in [0.2, 0.25) is 0 Å². The molecule has 4 nitrogen and oxygen atoms in total. The summed E-state index contributed by atoms with van der Waals surface area (Å²) in [5.74, 6) is 0. The van der Waals surface area contributed by atoms with Gasteiger partial charge >= 0.3 is 0 Å². The molecular formula is C14H24N4. The standard InChI is InChI=1S/C14H24N4/c1-2-8-18(9-3-1)10-4-5-13-12-11-16-17-14(12)6-7-15-13/h11,13,15H,1-10H2,(H,16,17). The molecule has 0 spiro atoms. The van der Waals surface area contributed by atoms with Crippen molar-refractivity contribution in [1.82, 2.24) is 20.4 Å². The summed E-state index contributed by atoms with van der Waals surface area (Å²) in [6.45, 7) is 4.99. The Hall–Kier alpha value is -0.870. The predicted molar refractivity (Wildman–Crippen MR) is 72.6 cm³/mol. The fraction of sp³-hybridized carbons (Fsp3) is 0.786. The number of hydrogen-bond acceptors (Lipinski definition) is 3. The smallest absolute Gasteiger partial charge is 0.0538 e. The van der Waals surface area contributed by atoms with Crippen molar-refractivity contribution in [3.05, 3.63) is 17.5 Å². The molecule has 3 heterocycles. The number of H-pyrrole nitrogens is 1. The molecule has 18 heavy (non-hydrogen) atoms. The van der Waals surface area contributed by atoms with E-state index in [4.69, 9.17) is 0 Å². The van der Waals surface area contributed by atoms with Crippen LogP contribution in [0.4, 0.5) is 0 Å². The number of nitrogens with one attached hydrogen (secondary N) is 2. The Morgan fingerprint density at radius 2 is 2.17 bits per heavy atom. The van der Waals surface area contributed by atoms with Gasteiger partial charge in [0.25, 0.3) is 0 Å². The molecule has 1 fully saturated rings. The van der Waals surface area contributed by atoms with E-state index in [9.17, 15) is 0 Å². The zero-order valence-corrected chi connectivity index (χ0v) is 11.1. The molecule has 1 aromatic rings. The maximum absolute atomic E-state index is 4.18. The molecule has 100 valence electrons. The molecule has 2 aliphatic heterocycles. The van der Waals surface area contributed by atoms with Crippen LogP contribution in [0.15, 0.2) is 6.20 Å². The van der Waals surface area contributed by atoms with Gasteiger partial charge in [0.2, 0.25) is 0 Å². The molecule has 0 aromatic carbocycles. The summed E-state index contributed by atoms with van der Waals surface area (Å²) < 4.78 is 0. The summed E-state index contributed by atoms with van der Waals surface area (Å²) in [6, 6.07) is 0.525. The minimum Gasteiger partial charge on any atom is -0.309 e. The van der Waals surface area contributed by atoms with Crippen molar-refractivity contribution < 1.29 is 0 Å². The van der Waals surface area contributed by atoms with Crippen molar-refractivity contribution in [3.8, 4) is 0 Å². The molecule has 0 aliphatic carbocycles. The number of likely N-dealkylation sites (tertiary alicyclic amines) is 1. The molecule has 4 heteroatoms. The van der Waals surface area contributed by atoms with E-state index in [2.05, 4.69) is 20.4 Å². The quantitative estimate of drug-likeness (QED) is 0.855. The van der Waals surface area contributed by atoms with Gasteiger partial charge in [-0.25, -0.2) is 0 Å². The molecular weight excluding hydrogens is 224 g/mol. The van der Waals surface area contributed by atoms with Crippen molar-refractivity contribution >= 4 is 0 Å². The molecule has 1 unspecified atom stereocenters. The van der Waals surface area contributed by atoms with Gasteiger partial charge in [-0.1, -0.05) is 6.42 Å². The van der Waals surface area contributed by atoms with Gasteiger partial charge in [0, 0.05) is 30.3 Å². The Morgan fingerprint density at radius 3 is 3.06 bits per heavy atom. The van der Waals surface area contributed by atoms with Crippen molar-refractivity contribution in [2.24, 2.45) is 0 Å². The van der Waals surface area contributed by atoms with Gasteiger partial charge in [-0.05, 0) is 45.3 Å². The second kappa shape index (κ2) is 5.85. The topological polar surface area (TPSA) is 44.0 Å². The van der Waals surface area contributed by atoms with E-state index in [0.29, 0.717) is 6.04 Å². The summed E-state index contributed by atoms with van der Waals surface area (Å²) in [6.07, 6.45) is 9.86. The van der Waals surface area contributed by atoms with E-state index in [1.54, 1.807) is 0 Å². The zero-order valence-electron chi connectivity index (χ0n) is 11.1. The van der Waals surface area contributed by atoms with Crippen LogP contribution < -0.4 is 5.32 Å². The molecule has 0 saturated carbocycles. The van der Waals surface area contributed by atoms with Gasteiger partial charge in [-0.2, -0.15) is 5.10 Å². The summed E-state index contributed by atoms with van der Waals surface area (Å²) >= 11 is 0. The van der Waals surface area contributed by atoms with E-state index < -0.39 is 0 Å². The highest BCUT2D eigenvalue weighted by Crippen LogP contribution is 2.24. The van der Waals surface area contributed by atoms with E-state index >= 15 is 0 Å². The summed E-state index contributed by atoms with van der Waals surface area (Å²) in [7, 11) is 0. The van der Waals surface area contributed by atoms with Crippen LogP contribution >= 0.6 is 0 Å². The summed E-state index contributed by atoms with van der Waals surface area (Å²) in [4.78, 5) is 2.63. The average Bonchev–Trinajstić information content (AvgIpc) is 2.89. The maximum atomic E-state index is 4.18. The number of fused-ring (bicyclic) bond motifs is 1. The lowest BCUT2D eigenvalue weighted by Crippen LogP contribution is -2.32. The second-order valence-corrected chi connectivity index (χ2v) is 5.61. The minimum atomic E-state index is 0.525. The van der Waals surface area contributed by atoms with Crippen LogP contribution in [0.5, 0.6) is 0 Å². The molecule has 0 bridgehead atoms. The lowest BCUT2D eigenvalue weighted by atomic mass is 9.97. The molecule has 1 atom stereocenters. The Balaban J connectivity index is 1.46. The lowest BCUT2D eigenvalue weighted by molar-refractivity contribution is 0.221. The van der Waals surface area contributed by atoms with Crippen molar-refractivity contribution in [2.75, 3.05) is 26.2 Å². The fourth-order valence-electron chi connectivity index (χ4n) is 3.26. The normalized spacial score (nSPS) is 25.0. The van der Waals surface area contributed by atoms with E-state index in [1.807, 2.05) is 6.20 Å². The SMILES string of the molecule is c1n[nH]c2c1C(CCCN1CCCCC1)NCC2. The van der Waals surface area contributed by atoms with Gasteiger partial charge in [-0.3, -0.25) is 5.10 Å². The third-order valence-electron chi connectivity index (χ3n) is 4.31. The Labute approximate surface area is 109 Å². The largest absolute Gasteiger partial charge is 0.309 e. The van der Waals surface area contributed by atoms with Gasteiger partial charge < -0.3 is 10.2 Å². The maximum Gasteiger partial charge on any atom is 0.0538 e. The number of aromatic amines is 1. The lowest BCUT2D eigenvalue weighted by Gasteiger charge is -2.28. The number of piperidine rings is 1. The van der Waals surface area contributed by atoms with Gasteiger partial charge in [0.05, 0.1) is 6.20 Å². The average molecular weight is 248 g/mol. The first kappa shape index (κ1) is 12.2. The monoisotopic (exact) mass is 248 g/mol. The molecule has 0 amide bonds. The van der Waals surface area contributed by atoms with Gasteiger partial charge in [0.15, 0.2) is 0 Å². The van der Waals surface area contributed by atoms with Crippen LogP contribution in [0.25, 0.3) is 0 Å². The van der Waals surface area contributed by atoms with Crippen molar-refractivity contribution in [2.45, 2.75) is 44.6 Å². The van der Waals surface area contributed by atoms with Crippen molar-refractivity contribution in [3.63, 3.8) is 0 Å². The van der Waals surface area contributed by atoms with Crippen LogP contribution in [0.1, 0.15) is 49.4 Å². The second-order valence-electron chi connectivity index (χ2n) is 5.61. The first-order valence-electron chi connectivity index (χ1n) is 7.41. The van der Waals surface area contributed by atoms with E-state index in [-0.39, 0.29) is 0 Å². The van der Waals surface area contributed by atoms with E-state index in [0.717, 1.165) is 13.0 Å². The Bertz CT molecular complexity index is 368. The minimum absolute atomic E-state index is 0.525. The predicted octanol–water partition coefficient (Wildman–Crippen LogP) is 1.86. The highest BCUT2D eigenvalue weighted by atomic mass is 15.1. The number of hydrogen-bond donors (Lipinski definition) is 2. The zero-order chi connectivity index (χ0) is 12.2. The third-order valence-corrected chi connectivity index (χ3v) is 4.31. The van der Waals surface area contributed by atoms with Gasteiger partial charge in [-0.15, -0.1) is 0 Å². The molecule has 1 aromatic heterocycles. The van der Waals surface area contributed by atoms with Crippen LogP contribution in [0, 0.1) is 0 Å². The Morgan fingerprint density at radius 1 is 1.28 bits per heavy atom. The van der Waals surface area contributed by atoms with Crippen molar-refractivity contribution in [1.29, 1.82) is 0 Å². The molecule has 2 aliphatic rings. The van der Waals surface area contributed by atoms with E-state index in [1.165, 1.54) is 63.0 Å². The molecule has 3 rings (SSSR count). The van der Waals surface area contributed by atoms with Crippen LogP contribution in [-0.2, 0) is 6.42 Å². The highest BCUT2D eigenvalue weighted by Gasteiger charge is 2.21. The number of aromatic nitrogens is 2. The van der Waals surface area contributed by atoms with Crippen LogP contribution in [-0.4, -0.2) is 41.3 Å². The summed E-state index contributed by atoms with van der Waals surface area (Å²) in [5, 5.41) is 10.9. The Kier molecular flexibility index (Phi) is 3.96. The van der Waals surface area contributed by atoms with Gasteiger partial charge in [0.1, 0.15) is 0 Å². The summed E-state index contributed by atoms with van der Waals surface area (Å²) in [5.41, 5.74) is 2.75. The number of rotatable bonds is 4. The molecule has 2 N–H and O–H groups in total. The first-order chi connectivity index (χ1) is 8.93. The highest BCUT2D eigenvalue weighted by molar-refractivity contribution is 5.23. The fourth-order valence-corrected chi connectivity index (χ4v) is 3.26. The number of nitrogens with zero attached hydrogens (tertiary/aromatic N) is 2. The van der Waals surface area contributed by atoms with Crippen LogP contribution in [0.3, 0.4) is 0 Å². The molecule has 0 radical (unpaired) electrons. The third kappa shape index (κ3) is 2.75.